The standard InChI is InChI=1S/C21H23N3O5/c1-14-11-23-16(12-22-14)21(26)29-13-20(25)24-7-2-4-17(24)15-5-6-18-19(10-15)28-9-3-8-27-18/h5-6,10-12,17H,2-4,7-9,13H2,1H3/t17-/m1/s1. The van der Waals surface area contributed by atoms with E-state index < -0.39 is 5.97 Å². The normalized spacial score (nSPS) is 18.2. The van der Waals surface area contributed by atoms with E-state index in [4.69, 9.17) is 14.2 Å². The van der Waals surface area contributed by atoms with Crippen LogP contribution in [0.25, 0.3) is 0 Å². The smallest absolute Gasteiger partial charge is 0.359 e. The van der Waals surface area contributed by atoms with Crippen LogP contribution >= 0.6 is 0 Å². The quantitative estimate of drug-likeness (QED) is 0.732. The maximum Gasteiger partial charge on any atom is 0.359 e. The molecule has 152 valence electrons. The summed E-state index contributed by atoms with van der Waals surface area (Å²) in [7, 11) is 0. The molecule has 2 aliphatic heterocycles. The van der Waals surface area contributed by atoms with Gasteiger partial charge in [0.05, 0.1) is 31.1 Å². The first-order valence-electron chi connectivity index (χ1n) is 9.76. The predicted molar refractivity (Wildman–Crippen MR) is 103 cm³/mol. The van der Waals surface area contributed by atoms with Crippen molar-refractivity contribution < 1.29 is 23.8 Å². The molecule has 1 fully saturated rings. The monoisotopic (exact) mass is 397 g/mol. The van der Waals surface area contributed by atoms with Crippen molar-refractivity contribution in [3.05, 3.63) is 47.5 Å². The second-order valence-electron chi connectivity index (χ2n) is 7.12. The SMILES string of the molecule is Cc1cnc(C(=O)OCC(=O)N2CCC[C@@H]2c2ccc3c(c2)OCCCO3)cn1. The third kappa shape index (κ3) is 4.31. The Balaban J connectivity index is 1.41. The molecule has 0 bridgehead atoms. The molecule has 0 spiro atoms. The first-order valence-corrected chi connectivity index (χ1v) is 9.76. The Kier molecular flexibility index (Phi) is 5.59. The number of hydrogen-bond acceptors (Lipinski definition) is 7. The minimum atomic E-state index is -0.655. The molecular weight excluding hydrogens is 374 g/mol. The number of rotatable bonds is 4. The lowest BCUT2D eigenvalue weighted by Crippen LogP contribution is -2.34. The number of likely N-dealkylation sites (tertiary alicyclic amines) is 1. The largest absolute Gasteiger partial charge is 0.490 e. The van der Waals surface area contributed by atoms with Gasteiger partial charge in [-0.3, -0.25) is 9.78 Å². The molecule has 0 saturated carbocycles. The van der Waals surface area contributed by atoms with Crippen LogP contribution in [0.4, 0.5) is 0 Å². The number of carbonyl (C=O) groups is 2. The number of fused-ring (bicyclic) bond motifs is 1. The number of carbonyl (C=O) groups excluding carboxylic acids is 2. The highest BCUT2D eigenvalue weighted by molar-refractivity contribution is 5.89. The summed E-state index contributed by atoms with van der Waals surface area (Å²) in [4.78, 5) is 34.6. The molecule has 2 aromatic rings. The number of benzene rings is 1. The van der Waals surface area contributed by atoms with Gasteiger partial charge in [-0.25, -0.2) is 9.78 Å². The minimum Gasteiger partial charge on any atom is -0.490 e. The van der Waals surface area contributed by atoms with Gasteiger partial charge in [0.25, 0.3) is 5.91 Å². The minimum absolute atomic E-state index is 0.0717. The maximum atomic E-state index is 12.7. The highest BCUT2D eigenvalue weighted by Gasteiger charge is 2.31. The van der Waals surface area contributed by atoms with E-state index in [-0.39, 0.29) is 24.2 Å². The number of nitrogens with zero attached hydrogens (tertiary/aromatic N) is 3. The van der Waals surface area contributed by atoms with Crippen molar-refractivity contribution in [3.63, 3.8) is 0 Å². The van der Waals surface area contributed by atoms with Gasteiger partial charge in [0.1, 0.15) is 0 Å². The van der Waals surface area contributed by atoms with E-state index in [1.165, 1.54) is 12.4 Å². The fourth-order valence-corrected chi connectivity index (χ4v) is 3.58. The fraction of sp³-hybridized carbons (Fsp3) is 0.429. The molecule has 0 unspecified atom stereocenters. The summed E-state index contributed by atoms with van der Waals surface area (Å²) in [5.41, 5.74) is 1.78. The molecule has 0 N–H and O–H groups in total. The topological polar surface area (TPSA) is 90.9 Å². The third-order valence-electron chi connectivity index (χ3n) is 5.05. The molecule has 1 saturated heterocycles. The second-order valence-corrected chi connectivity index (χ2v) is 7.12. The summed E-state index contributed by atoms with van der Waals surface area (Å²) in [6, 6.07) is 5.74. The van der Waals surface area contributed by atoms with Crippen molar-refractivity contribution in [1.29, 1.82) is 0 Å². The molecule has 3 heterocycles. The van der Waals surface area contributed by atoms with Crippen LogP contribution in [0.2, 0.25) is 0 Å². The van der Waals surface area contributed by atoms with Gasteiger partial charge in [-0.1, -0.05) is 6.07 Å². The summed E-state index contributed by atoms with van der Waals surface area (Å²) in [5, 5.41) is 0. The number of aromatic nitrogens is 2. The van der Waals surface area contributed by atoms with E-state index in [2.05, 4.69) is 9.97 Å². The summed E-state index contributed by atoms with van der Waals surface area (Å²) < 4.78 is 16.6. The Bertz CT molecular complexity index is 900. The van der Waals surface area contributed by atoms with Gasteiger partial charge < -0.3 is 19.1 Å². The van der Waals surface area contributed by atoms with Crippen LogP contribution in [0.3, 0.4) is 0 Å². The van der Waals surface area contributed by atoms with Crippen LogP contribution in [-0.4, -0.2) is 53.1 Å². The lowest BCUT2D eigenvalue weighted by Gasteiger charge is -2.25. The van der Waals surface area contributed by atoms with Crippen LogP contribution in [-0.2, 0) is 9.53 Å². The highest BCUT2D eigenvalue weighted by Crippen LogP contribution is 2.37. The average molecular weight is 397 g/mol. The van der Waals surface area contributed by atoms with E-state index in [9.17, 15) is 9.59 Å². The van der Waals surface area contributed by atoms with Crippen LogP contribution in [0, 0.1) is 6.92 Å². The lowest BCUT2D eigenvalue weighted by molar-refractivity contribution is -0.135. The van der Waals surface area contributed by atoms with Gasteiger partial charge >= 0.3 is 5.97 Å². The van der Waals surface area contributed by atoms with E-state index in [1.807, 2.05) is 18.2 Å². The molecule has 8 heteroatoms. The van der Waals surface area contributed by atoms with Crippen molar-refractivity contribution in [2.24, 2.45) is 0 Å². The third-order valence-corrected chi connectivity index (χ3v) is 5.05. The van der Waals surface area contributed by atoms with Gasteiger partial charge in [-0.2, -0.15) is 0 Å². The van der Waals surface area contributed by atoms with Crippen LogP contribution in [0.15, 0.2) is 30.6 Å². The van der Waals surface area contributed by atoms with E-state index >= 15 is 0 Å². The molecule has 29 heavy (non-hydrogen) atoms. The van der Waals surface area contributed by atoms with E-state index in [1.54, 1.807) is 11.8 Å². The summed E-state index contributed by atoms with van der Waals surface area (Å²) in [5.74, 6) is 0.559. The van der Waals surface area contributed by atoms with Crippen molar-refractivity contribution in [3.8, 4) is 11.5 Å². The van der Waals surface area contributed by atoms with Crippen molar-refractivity contribution in [1.82, 2.24) is 14.9 Å². The molecule has 1 aromatic carbocycles. The molecule has 2 aliphatic rings. The zero-order chi connectivity index (χ0) is 20.2. The Morgan fingerprint density at radius 1 is 1.14 bits per heavy atom. The van der Waals surface area contributed by atoms with E-state index in [0.717, 1.165) is 30.6 Å². The molecule has 0 aliphatic carbocycles. The Morgan fingerprint density at radius 2 is 1.97 bits per heavy atom. The van der Waals surface area contributed by atoms with Gasteiger partial charge in [0.2, 0.25) is 0 Å². The average Bonchev–Trinajstić information content (AvgIpc) is 3.11. The summed E-state index contributed by atoms with van der Waals surface area (Å²) in [6.07, 6.45) is 5.41. The lowest BCUT2D eigenvalue weighted by atomic mass is 10.0. The van der Waals surface area contributed by atoms with Crippen LogP contribution < -0.4 is 9.47 Å². The van der Waals surface area contributed by atoms with Gasteiger partial charge in [0.15, 0.2) is 23.8 Å². The molecule has 0 radical (unpaired) electrons. The number of hydrogen-bond donors (Lipinski definition) is 0. The van der Waals surface area contributed by atoms with E-state index in [0.29, 0.717) is 31.2 Å². The molecule has 8 nitrogen and oxygen atoms in total. The van der Waals surface area contributed by atoms with Crippen LogP contribution in [0.1, 0.15) is 47.1 Å². The zero-order valence-corrected chi connectivity index (χ0v) is 16.3. The molecule has 1 amide bonds. The summed E-state index contributed by atoms with van der Waals surface area (Å²) >= 11 is 0. The van der Waals surface area contributed by atoms with Gasteiger partial charge in [0, 0.05) is 19.2 Å². The van der Waals surface area contributed by atoms with Crippen molar-refractivity contribution >= 4 is 11.9 Å². The first-order chi connectivity index (χ1) is 14.1. The second kappa shape index (κ2) is 8.46. The molecular formula is C21H23N3O5. The Hall–Kier alpha value is -3.16. The molecule has 4 rings (SSSR count). The molecule has 1 aromatic heterocycles. The number of aryl methyl sites for hydroxylation is 1. The number of esters is 1. The Morgan fingerprint density at radius 3 is 2.76 bits per heavy atom. The first kappa shape index (κ1) is 19.2. The van der Waals surface area contributed by atoms with Crippen molar-refractivity contribution in [2.45, 2.75) is 32.2 Å². The molecule has 1 atom stereocenters. The number of amides is 1. The predicted octanol–water partition coefficient (Wildman–Crippen LogP) is 2.47. The maximum absolute atomic E-state index is 12.7. The fourth-order valence-electron chi connectivity index (χ4n) is 3.58. The van der Waals surface area contributed by atoms with Crippen LogP contribution in [0.5, 0.6) is 11.5 Å². The Labute approximate surface area is 168 Å². The van der Waals surface area contributed by atoms with Crippen molar-refractivity contribution in [2.75, 3.05) is 26.4 Å². The summed E-state index contributed by atoms with van der Waals surface area (Å²) in [6.45, 7) is 3.33. The zero-order valence-electron chi connectivity index (χ0n) is 16.3. The van der Waals surface area contributed by atoms with Gasteiger partial charge in [-0.15, -0.1) is 0 Å². The highest BCUT2D eigenvalue weighted by atomic mass is 16.5. The number of ether oxygens (including phenoxy) is 3. The van der Waals surface area contributed by atoms with Gasteiger partial charge in [-0.05, 0) is 37.5 Å².